The summed E-state index contributed by atoms with van der Waals surface area (Å²) in [5.74, 6) is 0. The van der Waals surface area contributed by atoms with Crippen LogP contribution in [-0.4, -0.2) is 52.6 Å². The molecule has 0 amide bonds. The molecule has 4 rings (SSSR count). The number of nitrogens with zero attached hydrogens (tertiary/aromatic N) is 5. The average molecular weight is 410 g/mol. The van der Waals surface area contributed by atoms with E-state index in [1.807, 2.05) is 28.9 Å². The van der Waals surface area contributed by atoms with Crippen molar-refractivity contribution < 1.29 is 0 Å². The molecule has 29 heavy (non-hydrogen) atoms. The Labute approximate surface area is 177 Å². The first-order valence-corrected chi connectivity index (χ1v) is 10.7. The third-order valence-corrected chi connectivity index (χ3v) is 6.01. The van der Waals surface area contributed by atoms with Crippen LogP contribution < -0.4 is 4.90 Å². The summed E-state index contributed by atoms with van der Waals surface area (Å²) in [6, 6.07) is 14.6. The van der Waals surface area contributed by atoms with Gasteiger partial charge in [0.2, 0.25) is 0 Å². The maximum absolute atomic E-state index is 6.35. The fraction of sp³-hybridized carbons (Fsp3) is 0.391. The van der Waals surface area contributed by atoms with E-state index in [4.69, 9.17) is 11.6 Å². The third kappa shape index (κ3) is 4.62. The molecule has 1 aliphatic heterocycles. The largest absolute Gasteiger partial charge is 0.369 e. The highest BCUT2D eigenvalue weighted by atomic mass is 35.5. The van der Waals surface area contributed by atoms with Gasteiger partial charge in [-0.2, -0.15) is 0 Å². The molecule has 0 atom stereocenters. The Hall–Kier alpha value is -2.37. The first kappa shape index (κ1) is 19.9. The zero-order valence-corrected chi connectivity index (χ0v) is 17.9. The maximum Gasteiger partial charge on any atom is 0.0900 e. The summed E-state index contributed by atoms with van der Waals surface area (Å²) < 4.78 is 1.97. The maximum atomic E-state index is 6.35. The van der Waals surface area contributed by atoms with Crippen LogP contribution in [0.5, 0.6) is 0 Å². The SMILES string of the molecule is Cc1ccc(N2CCN(CCCn3nncc3-c3ccccc3Cl)CC2)c(C)c1. The van der Waals surface area contributed by atoms with Gasteiger partial charge in [-0.05, 0) is 38.0 Å². The van der Waals surface area contributed by atoms with Gasteiger partial charge in [0.15, 0.2) is 0 Å². The Bertz CT molecular complexity index is 959. The smallest absolute Gasteiger partial charge is 0.0900 e. The molecule has 2 aromatic carbocycles. The number of hydrogen-bond donors (Lipinski definition) is 0. The molecular weight excluding hydrogens is 382 g/mol. The standard InChI is InChI=1S/C23H28ClN5/c1-18-8-9-22(19(2)16-18)28-14-12-27(13-15-28)10-5-11-29-23(17-25-26-29)20-6-3-4-7-21(20)24/h3-4,6-9,16-17H,5,10-15H2,1-2H3. The first-order valence-electron chi connectivity index (χ1n) is 10.3. The van der Waals surface area contributed by atoms with Crippen LogP contribution in [0.15, 0.2) is 48.7 Å². The van der Waals surface area contributed by atoms with Crippen molar-refractivity contribution in [2.45, 2.75) is 26.8 Å². The second kappa shape index (κ2) is 8.97. The number of rotatable bonds is 6. The Kier molecular flexibility index (Phi) is 6.16. The highest BCUT2D eigenvalue weighted by Crippen LogP contribution is 2.27. The van der Waals surface area contributed by atoms with E-state index in [9.17, 15) is 0 Å². The van der Waals surface area contributed by atoms with Crippen LogP contribution in [0, 0.1) is 13.8 Å². The molecule has 0 spiro atoms. The molecule has 1 fully saturated rings. The van der Waals surface area contributed by atoms with Crippen LogP contribution in [0.4, 0.5) is 5.69 Å². The minimum Gasteiger partial charge on any atom is -0.369 e. The molecule has 152 valence electrons. The molecule has 3 aromatic rings. The van der Waals surface area contributed by atoms with Gasteiger partial charge < -0.3 is 4.90 Å². The molecule has 1 aromatic heterocycles. The predicted molar refractivity (Wildman–Crippen MR) is 120 cm³/mol. The van der Waals surface area contributed by atoms with Crippen LogP contribution >= 0.6 is 11.6 Å². The van der Waals surface area contributed by atoms with E-state index in [1.54, 1.807) is 6.20 Å². The average Bonchev–Trinajstić information content (AvgIpc) is 3.17. The van der Waals surface area contributed by atoms with E-state index in [0.717, 1.165) is 62.0 Å². The van der Waals surface area contributed by atoms with E-state index < -0.39 is 0 Å². The number of piperazine rings is 1. The first-order chi connectivity index (χ1) is 14.1. The van der Waals surface area contributed by atoms with Gasteiger partial charge in [0.1, 0.15) is 0 Å². The molecule has 6 heteroatoms. The summed E-state index contributed by atoms with van der Waals surface area (Å²) in [5.41, 5.74) is 6.05. The second-order valence-corrected chi connectivity index (χ2v) is 8.20. The lowest BCUT2D eigenvalue weighted by Crippen LogP contribution is -2.47. The van der Waals surface area contributed by atoms with E-state index >= 15 is 0 Å². The quantitative estimate of drug-likeness (QED) is 0.603. The highest BCUT2D eigenvalue weighted by molar-refractivity contribution is 6.33. The molecule has 0 saturated carbocycles. The Morgan fingerprint density at radius 3 is 2.52 bits per heavy atom. The van der Waals surface area contributed by atoms with Crippen molar-refractivity contribution >= 4 is 17.3 Å². The Morgan fingerprint density at radius 2 is 1.76 bits per heavy atom. The van der Waals surface area contributed by atoms with Crippen molar-refractivity contribution in [3.63, 3.8) is 0 Å². The highest BCUT2D eigenvalue weighted by Gasteiger charge is 2.18. The zero-order valence-electron chi connectivity index (χ0n) is 17.2. The van der Waals surface area contributed by atoms with Gasteiger partial charge in [-0.15, -0.1) is 5.10 Å². The molecule has 1 saturated heterocycles. The van der Waals surface area contributed by atoms with Gasteiger partial charge >= 0.3 is 0 Å². The second-order valence-electron chi connectivity index (χ2n) is 7.79. The van der Waals surface area contributed by atoms with Crippen molar-refractivity contribution in [1.82, 2.24) is 19.9 Å². The van der Waals surface area contributed by atoms with E-state index in [2.05, 4.69) is 52.2 Å². The summed E-state index contributed by atoms with van der Waals surface area (Å²) in [4.78, 5) is 5.06. The minimum atomic E-state index is 0.735. The summed E-state index contributed by atoms with van der Waals surface area (Å²) in [6.45, 7) is 10.6. The number of anilines is 1. The molecule has 0 radical (unpaired) electrons. The fourth-order valence-corrected chi connectivity index (χ4v) is 4.35. The molecular formula is C23H28ClN5. The van der Waals surface area contributed by atoms with Gasteiger partial charge in [0.05, 0.1) is 16.9 Å². The molecule has 0 bridgehead atoms. The van der Waals surface area contributed by atoms with Crippen molar-refractivity contribution in [2.75, 3.05) is 37.6 Å². The van der Waals surface area contributed by atoms with Crippen molar-refractivity contribution in [3.05, 3.63) is 64.8 Å². The van der Waals surface area contributed by atoms with E-state index in [-0.39, 0.29) is 0 Å². The van der Waals surface area contributed by atoms with Crippen molar-refractivity contribution in [1.29, 1.82) is 0 Å². The van der Waals surface area contributed by atoms with Crippen molar-refractivity contribution in [2.24, 2.45) is 0 Å². The topological polar surface area (TPSA) is 37.2 Å². The monoisotopic (exact) mass is 409 g/mol. The predicted octanol–water partition coefficient (Wildman–Crippen LogP) is 4.43. The van der Waals surface area contributed by atoms with Gasteiger partial charge in [-0.1, -0.05) is 52.7 Å². The number of hydrogen-bond acceptors (Lipinski definition) is 4. The Morgan fingerprint density at radius 1 is 0.966 bits per heavy atom. The minimum absolute atomic E-state index is 0.735. The molecule has 5 nitrogen and oxygen atoms in total. The zero-order chi connectivity index (χ0) is 20.2. The fourth-order valence-electron chi connectivity index (χ4n) is 4.12. The Balaban J connectivity index is 1.29. The lowest BCUT2D eigenvalue weighted by atomic mass is 10.1. The summed E-state index contributed by atoms with van der Waals surface area (Å²) >= 11 is 6.35. The normalized spacial score (nSPS) is 15.1. The van der Waals surface area contributed by atoms with Crippen LogP contribution in [0.25, 0.3) is 11.3 Å². The third-order valence-electron chi connectivity index (χ3n) is 5.68. The van der Waals surface area contributed by atoms with Crippen LogP contribution in [0.1, 0.15) is 17.5 Å². The van der Waals surface area contributed by atoms with Gasteiger partial charge in [0, 0.05) is 50.5 Å². The summed E-state index contributed by atoms with van der Waals surface area (Å²) in [5, 5.41) is 9.10. The summed E-state index contributed by atoms with van der Waals surface area (Å²) in [6.07, 6.45) is 2.84. The van der Waals surface area contributed by atoms with E-state index in [0.29, 0.717) is 0 Å². The van der Waals surface area contributed by atoms with Crippen LogP contribution in [-0.2, 0) is 6.54 Å². The van der Waals surface area contributed by atoms with Gasteiger partial charge in [0.25, 0.3) is 0 Å². The molecule has 0 N–H and O–H groups in total. The summed E-state index contributed by atoms with van der Waals surface area (Å²) in [7, 11) is 0. The number of aromatic nitrogens is 3. The van der Waals surface area contributed by atoms with Gasteiger partial charge in [-0.3, -0.25) is 4.90 Å². The number of aryl methyl sites for hydroxylation is 3. The van der Waals surface area contributed by atoms with Gasteiger partial charge in [-0.25, -0.2) is 4.68 Å². The van der Waals surface area contributed by atoms with Crippen molar-refractivity contribution in [3.8, 4) is 11.3 Å². The number of benzene rings is 2. The lowest BCUT2D eigenvalue weighted by Gasteiger charge is -2.37. The lowest BCUT2D eigenvalue weighted by molar-refractivity contribution is 0.249. The van der Waals surface area contributed by atoms with Crippen LogP contribution in [0.2, 0.25) is 5.02 Å². The van der Waals surface area contributed by atoms with Crippen LogP contribution in [0.3, 0.4) is 0 Å². The number of halogens is 1. The van der Waals surface area contributed by atoms with E-state index in [1.165, 1.54) is 16.8 Å². The molecule has 0 unspecified atom stereocenters. The molecule has 1 aliphatic rings. The molecule has 0 aliphatic carbocycles. The molecule has 2 heterocycles.